The lowest BCUT2D eigenvalue weighted by molar-refractivity contribution is -0.123. The van der Waals surface area contributed by atoms with Crippen molar-refractivity contribution in [2.24, 2.45) is 16.3 Å². The summed E-state index contributed by atoms with van der Waals surface area (Å²) in [4.78, 5) is 12.2. The molecule has 1 aromatic carbocycles. The monoisotopic (exact) mass is 217 g/mol. The number of para-hydroxylation sites is 1. The molecule has 0 saturated carbocycles. The van der Waals surface area contributed by atoms with Crippen LogP contribution in [-0.2, 0) is 4.79 Å². The standard InChI is InChI=1S/C12H15N3O/c1-3-12(2)10(13)14-15(11(12)16)9-7-5-4-6-8-9/h4-8H,3H2,1-2H3,(H2,13,14). The van der Waals surface area contributed by atoms with Gasteiger partial charge >= 0.3 is 0 Å². The smallest absolute Gasteiger partial charge is 0.261 e. The summed E-state index contributed by atoms with van der Waals surface area (Å²) in [5.74, 6) is 0.336. The molecule has 4 heteroatoms. The minimum atomic E-state index is -0.657. The number of nitrogens with zero attached hydrogens (tertiary/aromatic N) is 2. The third kappa shape index (κ3) is 1.38. The molecule has 2 rings (SSSR count). The second-order valence-electron chi connectivity index (χ2n) is 4.12. The topological polar surface area (TPSA) is 58.7 Å². The molecule has 4 nitrogen and oxygen atoms in total. The summed E-state index contributed by atoms with van der Waals surface area (Å²) in [5, 5.41) is 5.53. The van der Waals surface area contributed by atoms with E-state index in [1.54, 1.807) is 0 Å². The summed E-state index contributed by atoms with van der Waals surface area (Å²) in [7, 11) is 0. The lowest BCUT2D eigenvalue weighted by Gasteiger charge is -2.20. The molecule has 1 amide bonds. The van der Waals surface area contributed by atoms with Crippen LogP contribution in [0, 0.1) is 5.41 Å². The average Bonchev–Trinajstić information content (AvgIpc) is 2.55. The van der Waals surface area contributed by atoms with Crippen molar-refractivity contribution < 1.29 is 4.79 Å². The van der Waals surface area contributed by atoms with E-state index in [4.69, 9.17) is 5.73 Å². The van der Waals surface area contributed by atoms with Gasteiger partial charge in [-0.2, -0.15) is 10.1 Å². The highest BCUT2D eigenvalue weighted by atomic mass is 16.2. The van der Waals surface area contributed by atoms with Crippen molar-refractivity contribution in [1.82, 2.24) is 0 Å². The van der Waals surface area contributed by atoms with Crippen molar-refractivity contribution in [2.45, 2.75) is 20.3 Å². The number of hydrogen-bond donors (Lipinski definition) is 1. The summed E-state index contributed by atoms with van der Waals surface area (Å²) in [6, 6.07) is 9.33. The van der Waals surface area contributed by atoms with Gasteiger partial charge in [-0.05, 0) is 25.5 Å². The molecule has 0 radical (unpaired) electrons. The number of carbonyl (C=O) groups is 1. The molecule has 0 bridgehead atoms. The number of nitrogens with two attached hydrogens (primary N) is 1. The van der Waals surface area contributed by atoms with Crippen LogP contribution >= 0.6 is 0 Å². The Labute approximate surface area is 94.7 Å². The van der Waals surface area contributed by atoms with E-state index in [1.807, 2.05) is 44.2 Å². The molecule has 1 aliphatic heterocycles. The Bertz CT molecular complexity index is 441. The number of amidine groups is 1. The number of amides is 1. The van der Waals surface area contributed by atoms with Gasteiger partial charge in [0.25, 0.3) is 5.91 Å². The number of hydrazone groups is 1. The van der Waals surface area contributed by atoms with E-state index in [-0.39, 0.29) is 5.91 Å². The van der Waals surface area contributed by atoms with Gasteiger partial charge in [0.1, 0.15) is 11.3 Å². The van der Waals surface area contributed by atoms with Crippen molar-refractivity contribution in [3.63, 3.8) is 0 Å². The van der Waals surface area contributed by atoms with Crippen LogP contribution in [0.3, 0.4) is 0 Å². The predicted octanol–water partition coefficient (Wildman–Crippen LogP) is 1.72. The van der Waals surface area contributed by atoms with Crippen LogP contribution in [0.1, 0.15) is 20.3 Å². The molecular formula is C12H15N3O. The maximum atomic E-state index is 12.2. The first-order chi connectivity index (χ1) is 7.59. The molecule has 0 aromatic heterocycles. The molecule has 0 saturated heterocycles. The lowest BCUT2D eigenvalue weighted by Crippen LogP contribution is -2.39. The Hall–Kier alpha value is -1.84. The zero-order valence-electron chi connectivity index (χ0n) is 9.47. The molecule has 0 aliphatic carbocycles. The SMILES string of the molecule is CCC1(C)C(=O)N(c2ccccc2)N=C1N. The molecular weight excluding hydrogens is 202 g/mol. The Morgan fingerprint density at radius 3 is 2.50 bits per heavy atom. The van der Waals surface area contributed by atoms with Gasteiger partial charge in [-0.25, -0.2) is 0 Å². The normalized spacial score (nSPS) is 24.8. The Kier molecular flexibility index (Phi) is 2.42. The van der Waals surface area contributed by atoms with E-state index in [9.17, 15) is 4.79 Å². The van der Waals surface area contributed by atoms with Gasteiger partial charge in [0, 0.05) is 0 Å². The van der Waals surface area contributed by atoms with Crippen LogP contribution in [0.5, 0.6) is 0 Å². The second-order valence-corrected chi connectivity index (χ2v) is 4.12. The van der Waals surface area contributed by atoms with E-state index in [0.29, 0.717) is 12.3 Å². The van der Waals surface area contributed by atoms with Crippen LogP contribution in [0.25, 0.3) is 0 Å². The molecule has 1 unspecified atom stereocenters. The molecule has 84 valence electrons. The zero-order valence-corrected chi connectivity index (χ0v) is 9.47. The van der Waals surface area contributed by atoms with Gasteiger partial charge in [0.05, 0.1) is 5.69 Å². The number of benzene rings is 1. The van der Waals surface area contributed by atoms with Crippen LogP contribution in [0.2, 0.25) is 0 Å². The van der Waals surface area contributed by atoms with Crippen molar-refractivity contribution in [3.8, 4) is 0 Å². The summed E-state index contributed by atoms with van der Waals surface area (Å²) in [6.07, 6.45) is 0.657. The van der Waals surface area contributed by atoms with E-state index in [0.717, 1.165) is 5.69 Å². The molecule has 0 fully saturated rings. The highest BCUT2D eigenvalue weighted by molar-refractivity contribution is 6.17. The minimum Gasteiger partial charge on any atom is -0.385 e. The van der Waals surface area contributed by atoms with Crippen LogP contribution in [0.4, 0.5) is 5.69 Å². The molecule has 1 atom stereocenters. The molecule has 1 aliphatic rings. The first kappa shape index (κ1) is 10.7. The maximum Gasteiger partial charge on any atom is 0.261 e. The second kappa shape index (κ2) is 3.63. The fourth-order valence-electron chi connectivity index (χ4n) is 1.68. The Morgan fingerprint density at radius 2 is 2.00 bits per heavy atom. The lowest BCUT2D eigenvalue weighted by atomic mass is 9.86. The summed E-state index contributed by atoms with van der Waals surface area (Å²) >= 11 is 0. The van der Waals surface area contributed by atoms with Crippen molar-refractivity contribution in [1.29, 1.82) is 0 Å². The number of anilines is 1. The van der Waals surface area contributed by atoms with Crippen LogP contribution < -0.4 is 10.7 Å². The number of rotatable bonds is 2. The minimum absolute atomic E-state index is 0.0568. The summed E-state index contributed by atoms with van der Waals surface area (Å²) in [5.41, 5.74) is 5.93. The third-order valence-electron chi connectivity index (χ3n) is 3.15. The number of hydrogen-bond acceptors (Lipinski definition) is 3. The van der Waals surface area contributed by atoms with Gasteiger partial charge in [0.2, 0.25) is 0 Å². The average molecular weight is 217 g/mol. The first-order valence-electron chi connectivity index (χ1n) is 5.33. The largest absolute Gasteiger partial charge is 0.385 e. The zero-order chi connectivity index (χ0) is 11.8. The fourth-order valence-corrected chi connectivity index (χ4v) is 1.68. The van der Waals surface area contributed by atoms with Gasteiger partial charge < -0.3 is 5.73 Å². The van der Waals surface area contributed by atoms with E-state index < -0.39 is 5.41 Å². The van der Waals surface area contributed by atoms with Crippen LogP contribution in [-0.4, -0.2) is 11.7 Å². The first-order valence-corrected chi connectivity index (χ1v) is 5.33. The van der Waals surface area contributed by atoms with Gasteiger partial charge in [0.15, 0.2) is 0 Å². The Balaban J connectivity index is 2.39. The van der Waals surface area contributed by atoms with Crippen molar-refractivity contribution >= 4 is 17.4 Å². The highest BCUT2D eigenvalue weighted by Gasteiger charge is 2.45. The molecule has 0 spiro atoms. The van der Waals surface area contributed by atoms with Crippen molar-refractivity contribution in [2.75, 3.05) is 5.01 Å². The quantitative estimate of drug-likeness (QED) is 0.820. The van der Waals surface area contributed by atoms with Crippen molar-refractivity contribution in [3.05, 3.63) is 30.3 Å². The van der Waals surface area contributed by atoms with Gasteiger partial charge in [-0.3, -0.25) is 4.79 Å². The molecule has 1 aromatic rings. The molecule has 16 heavy (non-hydrogen) atoms. The van der Waals surface area contributed by atoms with Gasteiger partial charge in [-0.1, -0.05) is 25.1 Å². The fraction of sp³-hybridized carbons (Fsp3) is 0.333. The summed E-state index contributed by atoms with van der Waals surface area (Å²) < 4.78 is 0. The summed E-state index contributed by atoms with van der Waals surface area (Å²) in [6.45, 7) is 3.77. The van der Waals surface area contributed by atoms with Crippen LogP contribution in [0.15, 0.2) is 35.4 Å². The predicted molar refractivity (Wildman–Crippen MR) is 63.9 cm³/mol. The highest BCUT2D eigenvalue weighted by Crippen LogP contribution is 2.33. The third-order valence-corrected chi connectivity index (χ3v) is 3.15. The maximum absolute atomic E-state index is 12.2. The van der Waals surface area contributed by atoms with E-state index >= 15 is 0 Å². The van der Waals surface area contributed by atoms with E-state index in [1.165, 1.54) is 5.01 Å². The van der Waals surface area contributed by atoms with E-state index in [2.05, 4.69) is 5.10 Å². The molecule has 1 heterocycles. The molecule has 2 N–H and O–H groups in total. The Morgan fingerprint density at radius 1 is 1.38 bits per heavy atom. The number of carbonyl (C=O) groups excluding carboxylic acids is 1. The van der Waals surface area contributed by atoms with Gasteiger partial charge in [-0.15, -0.1) is 0 Å².